The van der Waals surface area contributed by atoms with Gasteiger partial charge in [0.05, 0.1) is 0 Å². The number of nitrogens with one attached hydrogen (secondary N) is 2. The number of hydrogen-bond acceptors (Lipinski definition) is 3. The van der Waals surface area contributed by atoms with E-state index in [-0.39, 0.29) is 16.7 Å². The van der Waals surface area contributed by atoms with Gasteiger partial charge in [-0.05, 0) is 71.9 Å². The average molecular weight is 406 g/mol. The van der Waals surface area contributed by atoms with Gasteiger partial charge in [0.2, 0.25) is 0 Å². The number of nitrogens with zero attached hydrogens (tertiary/aromatic N) is 1. The predicted octanol–water partition coefficient (Wildman–Crippen LogP) is 5.81. The molecule has 1 aliphatic rings. The number of hydrogen-bond donors (Lipinski definition) is 2. The topological polar surface area (TPSA) is 70.9 Å². The van der Waals surface area contributed by atoms with Crippen molar-refractivity contribution in [2.75, 3.05) is 5.32 Å². The van der Waals surface area contributed by atoms with Crippen molar-refractivity contribution in [3.8, 4) is 0 Å². The SMILES string of the molecule is Cc1cc(NC(=O)c2ccc(Cc3cc4c(cc3C)C(C)(C)CCC4(C)C)o2)n[nH]1. The van der Waals surface area contributed by atoms with Crippen molar-refractivity contribution in [2.45, 2.75) is 71.6 Å². The molecule has 0 aliphatic heterocycles. The molecule has 1 aliphatic carbocycles. The molecule has 0 spiro atoms. The molecule has 2 aromatic heterocycles. The highest BCUT2D eigenvalue weighted by atomic mass is 16.3. The number of carbonyl (C=O) groups excluding carboxylic acids is 1. The number of benzene rings is 1. The first-order valence-corrected chi connectivity index (χ1v) is 10.6. The highest BCUT2D eigenvalue weighted by Crippen LogP contribution is 2.46. The number of H-pyrrole nitrogens is 1. The molecule has 1 aromatic carbocycles. The fourth-order valence-corrected chi connectivity index (χ4v) is 4.40. The van der Waals surface area contributed by atoms with Crippen molar-refractivity contribution >= 4 is 11.7 Å². The van der Waals surface area contributed by atoms with Gasteiger partial charge < -0.3 is 9.73 Å². The third-order valence-corrected chi connectivity index (χ3v) is 6.51. The lowest BCUT2D eigenvalue weighted by Crippen LogP contribution is -2.34. The average Bonchev–Trinajstić information content (AvgIpc) is 3.29. The summed E-state index contributed by atoms with van der Waals surface area (Å²) < 4.78 is 5.87. The van der Waals surface area contributed by atoms with E-state index >= 15 is 0 Å². The highest BCUT2D eigenvalue weighted by Gasteiger charge is 2.37. The van der Waals surface area contributed by atoms with Gasteiger partial charge in [0.15, 0.2) is 11.6 Å². The molecule has 2 heterocycles. The van der Waals surface area contributed by atoms with Crippen LogP contribution in [-0.4, -0.2) is 16.1 Å². The van der Waals surface area contributed by atoms with Crippen LogP contribution in [0, 0.1) is 13.8 Å². The minimum absolute atomic E-state index is 0.170. The largest absolute Gasteiger partial charge is 0.456 e. The molecular formula is C25H31N3O2. The van der Waals surface area contributed by atoms with Crippen LogP contribution in [0.1, 0.15) is 84.8 Å². The van der Waals surface area contributed by atoms with Gasteiger partial charge in [0, 0.05) is 18.2 Å². The molecule has 0 radical (unpaired) electrons. The van der Waals surface area contributed by atoms with Crippen LogP contribution in [0.25, 0.3) is 0 Å². The summed E-state index contributed by atoms with van der Waals surface area (Å²) in [5.41, 5.74) is 6.70. The molecule has 1 amide bonds. The quantitative estimate of drug-likeness (QED) is 0.575. The van der Waals surface area contributed by atoms with Gasteiger partial charge in [0.25, 0.3) is 5.91 Å². The van der Waals surface area contributed by atoms with Crippen LogP contribution in [0.5, 0.6) is 0 Å². The summed E-state index contributed by atoms with van der Waals surface area (Å²) in [7, 11) is 0. The fourth-order valence-electron chi connectivity index (χ4n) is 4.40. The third-order valence-electron chi connectivity index (χ3n) is 6.51. The van der Waals surface area contributed by atoms with Crippen LogP contribution in [0.3, 0.4) is 0 Å². The number of carbonyl (C=O) groups is 1. The molecule has 158 valence electrons. The number of aryl methyl sites for hydroxylation is 2. The Labute approximate surface area is 178 Å². The molecule has 30 heavy (non-hydrogen) atoms. The van der Waals surface area contributed by atoms with E-state index in [0.29, 0.717) is 18.0 Å². The number of anilines is 1. The molecule has 0 saturated heterocycles. The molecule has 0 fully saturated rings. The zero-order chi connectivity index (χ0) is 21.7. The Morgan fingerprint density at radius 1 is 1.07 bits per heavy atom. The van der Waals surface area contributed by atoms with E-state index in [4.69, 9.17) is 4.42 Å². The summed E-state index contributed by atoms with van der Waals surface area (Å²) in [5, 5.41) is 9.60. The van der Waals surface area contributed by atoms with Crippen molar-refractivity contribution in [3.05, 3.63) is 69.8 Å². The lowest BCUT2D eigenvalue weighted by atomic mass is 9.62. The Balaban J connectivity index is 1.57. The fraction of sp³-hybridized carbons (Fsp3) is 0.440. The van der Waals surface area contributed by atoms with Crippen LogP contribution in [-0.2, 0) is 17.3 Å². The molecule has 0 atom stereocenters. The van der Waals surface area contributed by atoms with Crippen LogP contribution in [0.15, 0.2) is 34.7 Å². The van der Waals surface area contributed by atoms with E-state index < -0.39 is 0 Å². The summed E-state index contributed by atoms with van der Waals surface area (Å²) in [4.78, 5) is 12.4. The zero-order valence-electron chi connectivity index (χ0n) is 18.8. The van der Waals surface area contributed by atoms with Crippen LogP contribution < -0.4 is 5.32 Å². The van der Waals surface area contributed by atoms with Gasteiger partial charge in [-0.1, -0.05) is 39.8 Å². The maximum absolute atomic E-state index is 12.4. The number of furan rings is 1. The lowest BCUT2D eigenvalue weighted by molar-refractivity contribution is 0.0994. The van der Waals surface area contributed by atoms with Gasteiger partial charge in [0.1, 0.15) is 5.76 Å². The Bertz CT molecular complexity index is 1100. The van der Waals surface area contributed by atoms with Crippen LogP contribution in [0.2, 0.25) is 0 Å². The van der Waals surface area contributed by atoms with Crippen molar-refractivity contribution in [3.63, 3.8) is 0 Å². The van der Waals surface area contributed by atoms with E-state index in [1.54, 1.807) is 12.1 Å². The van der Waals surface area contributed by atoms with Crippen molar-refractivity contribution in [1.29, 1.82) is 0 Å². The molecule has 0 saturated carbocycles. The van der Waals surface area contributed by atoms with Gasteiger partial charge in [-0.3, -0.25) is 9.89 Å². The first-order chi connectivity index (χ1) is 14.0. The molecule has 0 unspecified atom stereocenters. The maximum atomic E-state index is 12.4. The predicted molar refractivity (Wildman–Crippen MR) is 119 cm³/mol. The number of amides is 1. The molecule has 5 nitrogen and oxygen atoms in total. The van der Waals surface area contributed by atoms with Crippen molar-refractivity contribution in [1.82, 2.24) is 10.2 Å². The number of aromatic amines is 1. The number of aromatic nitrogens is 2. The third kappa shape index (κ3) is 3.81. The molecule has 0 bridgehead atoms. The second-order valence-electron chi connectivity index (χ2n) is 9.93. The summed E-state index contributed by atoms with van der Waals surface area (Å²) in [5.74, 6) is 1.28. The van der Waals surface area contributed by atoms with E-state index in [0.717, 1.165) is 11.5 Å². The lowest BCUT2D eigenvalue weighted by Gasteiger charge is -2.42. The number of fused-ring (bicyclic) bond motifs is 1. The molecule has 2 N–H and O–H groups in total. The minimum Gasteiger partial charge on any atom is -0.456 e. The first kappa shape index (κ1) is 20.5. The van der Waals surface area contributed by atoms with E-state index in [1.165, 1.54) is 35.1 Å². The molecule has 3 aromatic rings. The zero-order valence-corrected chi connectivity index (χ0v) is 18.8. The second kappa shape index (κ2) is 7.15. The first-order valence-electron chi connectivity index (χ1n) is 10.6. The summed E-state index contributed by atoms with van der Waals surface area (Å²) in [6.07, 6.45) is 3.07. The van der Waals surface area contributed by atoms with E-state index in [1.807, 2.05) is 13.0 Å². The van der Waals surface area contributed by atoms with Gasteiger partial charge in [-0.2, -0.15) is 5.10 Å². The monoisotopic (exact) mass is 405 g/mol. The van der Waals surface area contributed by atoms with Gasteiger partial charge in [-0.15, -0.1) is 0 Å². The molecule has 5 heteroatoms. The van der Waals surface area contributed by atoms with Crippen molar-refractivity contribution < 1.29 is 9.21 Å². The Hall–Kier alpha value is -2.82. The van der Waals surface area contributed by atoms with Gasteiger partial charge in [-0.25, -0.2) is 0 Å². The Kier molecular flexibility index (Phi) is 4.88. The second-order valence-corrected chi connectivity index (χ2v) is 9.93. The summed E-state index contributed by atoms with van der Waals surface area (Å²) in [6.45, 7) is 13.4. The normalized spacial score (nSPS) is 16.9. The summed E-state index contributed by atoms with van der Waals surface area (Å²) >= 11 is 0. The Morgan fingerprint density at radius 2 is 1.73 bits per heavy atom. The Morgan fingerprint density at radius 3 is 2.37 bits per heavy atom. The van der Waals surface area contributed by atoms with Crippen LogP contribution >= 0.6 is 0 Å². The smallest absolute Gasteiger partial charge is 0.292 e. The number of rotatable bonds is 4. The maximum Gasteiger partial charge on any atom is 0.292 e. The molecular weight excluding hydrogens is 374 g/mol. The molecule has 4 rings (SSSR count). The van der Waals surface area contributed by atoms with Crippen LogP contribution in [0.4, 0.5) is 5.82 Å². The van der Waals surface area contributed by atoms with Gasteiger partial charge >= 0.3 is 0 Å². The highest BCUT2D eigenvalue weighted by molar-refractivity contribution is 6.01. The minimum atomic E-state index is -0.294. The van der Waals surface area contributed by atoms with E-state index in [2.05, 4.69) is 62.3 Å². The van der Waals surface area contributed by atoms with Crippen molar-refractivity contribution in [2.24, 2.45) is 0 Å². The summed E-state index contributed by atoms with van der Waals surface area (Å²) in [6, 6.07) is 10.1. The standard InChI is InChI=1S/C25H31N3O2/c1-15-11-19-20(25(5,6)10-9-24(19,3)4)14-17(15)13-18-7-8-21(30-18)23(29)26-22-12-16(2)27-28-22/h7-8,11-12,14H,9-10,13H2,1-6H3,(H2,26,27,28,29). The van der Waals surface area contributed by atoms with E-state index in [9.17, 15) is 4.79 Å².